The van der Waals surface area contributed by atoms with Crippen LogP contribution in [0.1, 0.15) is 15.9 Å². The maximum Gasteiger partial charge on any atom is 0.349 e. The molecule has 166 valence electrons. The first kappa shape index (κ1) is 22.8. The van der Waals surface area contributed by atoms with Gasteiger partial charge in [0.15, 0.2) is 6.61 Å². The third kappa shape index (κ3) is 6.13. The van der Waals surface area contributed by atoms with Gasteiger partial charge in [0.1, 0.15) is 26.6 Å². The van der Waals surface area contributed by atoms with E-state index in [1.54, 1.807) is 69.2 Å². The Labute approximate surface area is 203 Å². The second-order valence-corrected chi connectivity index (χ2v) is 9.89. The molecule has 0 bridgehead atoms. The van der Waals surface area contributed by atoms with E-state index >= 15 is 0 Å². The first-order valence-corrected chi connectivity index (χ1v) is 12.5. The van der Waals surface area contributed by atoms with Gasteiger partial charge in [-0.1, -0.05) is 62.7 Å². The van der Waals surface area contributed by atoms with Gasteiger partial charge in [-0.3, -0.25) is 0 Å². The van der Waals surface area contributed by atoms with E-state index in [9.17, 15) is 9.59 Å². The fourth-order valence-corrected chi connectivity index (χ4v) is 5.29. The molecule has 0 atom stereocenters. The van der Waals surface area contributed by atoms with E-state index in [0.717, 1.165) is 19.8 Å². The van der Waals surface area contributed by atoms with Crippen molar-refractivity contribution in [3.05, 3.63) is 93.8 Å². The molecule has 1 heterocycles. The van der Waals surface area contributed by atoms with E-state index in [1.807, 2.05) is 37.3 Å². The number of carbonyl (C=O) groups excluding carboxylic acids is 2. The molecule has 0 amide bonds. The molecule has 0 radical (unpaired) electrons. The van der Waals surface area contributed by atoms with Crippen molar-refractivity contribution in [2.24, 2.45) is 0 Å². The van der Waals surface area contributed by atoms with Crippen LogP contribution in [0.25, 0.3) is 10.4 Å². The first-order valence-electron chi connectivity index (χ1n) is 9.90. The molecule has 3 aromatic carbocycles. The standard InChI is InChI=1S/C25H18O5S3/c1-16-6-10-18(11-7-16)29-23(26)15-28-21-5-3-2-4-20(21)25(27)30-19-12-8-17(9-13-19)22-14-24(31)33-32-22/h2-14H,15H2,1H3. The van der Waals surface area contributed by atoms with Gasteiger partial charge in [-0.15, -0.1) is 0 Å². The number of hydrogen-bond acceptors (Lipinski definition) is 8. The first-order chi connectivity index (χ1) is 16.0. The number of ether oxygens (including phenoxy) is 3. The number of benzene rings is 3. The summed E-state index contributed by atoms with van der Waals surface area (Å²) in [5, 5.41) is 0. The molecule has 0 spiro atoms. The quantitative estimate of drug-likeness (QED) is 0.123. The molecule has 1 aromatic heterocycles. The van der Waals surface area contributed by atoms with Crippen molar-refractivity contribution in [2.45, 2.75) is 6.92 Å². The molecular formula is C25H18O5S3. The van der Waals surface area contributed by atoms with E-state index in [1.165, 1.54) is 0 Å². The lowest BCUT2D eigenvalue weighted by Gasteiger charge is -2.11. The molecule has 33 heavy (non-hydrogen) atoms. The molecule has 0 aliphatic carbocycles. The molecular weight excluding hydrogens is 476 g/mol. The fraction of sp³-hybridized carbons (Fsp3) is 0.0800. The number of aryl methyl sites for hydroxylation is 1. The van der Waals surface area contributed by atoms with Crippen molar-refractivity contribution in [1.29, 1.82) is 0 Å². The molecule has 4 aromatic rings. The average molecular weight is 495 g/mol. The van der Waals surface area contributed by atoms with E-state index in [4.69, 9.17) is 26.4 Å². The molecule has 0 saturated heterocycles. The van der Waals surface area contributed by atoms with Gasteiger partial charge in [0.05, 0.1) is 0 Å². The summed E-state index contributed by atoms with van der Waals surface area (Å²) in [4.78, 5) is 25.9. The Morgan fingerprint density at radius 2 is 1.52 bits per heavy atom. The maximum absolute atomic E-state index is 12.7. The smallest absolute Gasteiger partial charge is 0.349 e. The van der Waals surface area contributed by atoms with Crippen LogP contribution in [0.15, 0.2) is 78.9 Å². The number of rotatable bonds is 7. The normalized spacial score (nSPS) is 10.5. The highest BCUT2D eigenvalue weighted by atomic mass is 32.9. The average Bonchev–Trinajstić information content (AvgIpc) is 3.26. The van der Waals surface area contributed by atoms with Crippen molar-refractivity contribution >= 4 is 44.8 Å². The second kappa shape index (κ2) is 10.5. The molecule has 5 nitrogen and oxygen atoms in total. The van der Waals surface area contributed by atoms with Crippen LogP contribution in [0.4, 0.5) is 0 Å². The zero-order valence-corrected chi connectivity index (χ0v) is 19.9. The minimum absolute atomic E-state index is 0.209. The van der Waals surface area contributed by atoms with E-state index in [0.29, 0.717) is 11.5 Å². The van der Waals surface area contributed by atoms with E-state index in [2.05, 4.69) is 0 Å². The Bertz CT molecular complexity index is 1320. The van der Waals surface area contributed by atoms with Crippen molar-refractivity contribution < 1.29 is 23.8 Å². The second-order valence-electron chi connectivity index (χ2n) is 6.98. The summed E-state index contributed by atoms with van der Waals surface area (Å²) < 4.78 is 17.1. The Morgan fingerprint density at radius 1 is 0.848 bits per heavy atom. The monoisotopic (exact) mass is 494 g/mol. The van der Waals surface area contributed by atoms with Gasteiger partial charge in [-0.2, -0.15) is 0 Å². The Balaban J connectivity index is 1.39. The van der Waals surface area contributed by atoms with Gasteiger partial charge < -0.3 is 14.2 Å². The third-order valence-electron chi connectivity index (χ3n) is 4.52. The number of hydrogen-bond donors (Lipinski definition) is 0. The summed E-state index contributed by atoms with van der Waals surface area (Å²) in [5.41, 5.74) is 2.27. The lowest BCUT2D eigenvalue weighted by Crippen LogP contribution is -2.19. The highest BCUT2D eigenvalue weighted by molar-refractivity contribution is 7.80. The lowest BCUT2D eigenvalue weighted by atomic mass is 10.2. The summed E-state index contributed by atoms with van der Waals surface area (Å²) >= 11 is 5.18. The summed E-state index contributed by atoms with van der Waals surface area (Å²) in [6.07, 6.45) is 0. The molecule has 0 fully saturated rings. The van der Waals surface area contributed by atoms with Crippen LogP contribution in [0.3, 0.4) is 0 Å². The van der Waals surface area contributed by atoms with Gasteiger partial charge in [-0.25, -0.2) is 9.59 Å². The predicted octanol–water partition coefficient (Wildman–Crippen LogP) is 6.72. The molecule has 0 unspecified atom stereocenters. The predicted molar refractivity (Wildman–Crippen MR) is 132 cm³/mol. The SMILES string of the molecule is Cc1ccc(OC(=O)COc2ccccc2C(=O)Oc2ccc(-c3cc(=S)ss3)cc2)cc1. The Morgan fingerprint density at radius 3 is 2.21 bits per heavy atom. The minimum Gasteiger partial charge on any atom is -0.481 e. The summed E-state index contributed by atoms with van der Waals surface area (Å²) in [6.45, 7) is 1.60. The van der Waals surface area contributed by atoms with Crippen LogP contribution in [0, 0.1) is 10.7 Å². The van der Waals surface area contributed by atoms with Crippen molar-refractivity contribution in [2.75, 3.05) is 6.61 Å². The number of carbonyl (C=O) groups is 2. The molecule has 0 N–H and O–H groups in total. The van der Waals surface area contributed by atoms with Crippen LogP contribution >= 0.6 is 32.9 Å². The Kier molecular flexibility index (Phi) is 7.29. The van der Waals surface area contributed by atoms with Crippen LogP contribution in [0.5, 0.6) is 17.2 Å². The van der Waals surface area contributed by atoms with Crippen molar-refractivity contribution in [3.8, 4) is 27.7 Å². The fourth-order valence-electron chi connectivity index (χ4n) is 2.89. The number of esters is 2. The van der Waals surface area contributed by atoms with Crippen LogP contribution < -0.4 is 14.2 Å². The summed E-state index contributed by atoms with van der Waals surface area (Å²) in [6, 6.07) is 22.8. The van der Waals surface area contributed by atoms with E-state index in [-0.39, 0.29) is 17.9 Å². The van der Waals surface area contributed by atoms with Gasteiger partial charge in [-0.05, 0) is 67.1 Å². The summed E-state index contributed by atoms with van der Waals surface area (Å²) in [7, 11) is 3.15. The summed E-state index contributed by atoms with van der Waals surface area (Å²) in [5.74, 6) is -0.0995. The largest absolute Gasteiger partial charge is 0.481 e. The molecule has 0 saturated carbocycles. The lowest BCUT2D eigenvalue weighted by molar-refractivity contribution is -0.136. The van der Waals surface area contributed by atoms with Gasteiger partial charge >= 0.3 is 11.9 Å². The highest BCUT2D eigenvalue weighted by Gasteiger charge is 2.16. The highest BCUT2D eigenvalue weighted by Crippen LogP contribution is 2.31. The van der Waals surface area contributed by atoms with Gasteiger partial charge in [0.2, 0.25) is 0 Å². The number of para-hydroxylation sites is 1. The van der Waals surface area contributed by atoms with Gasteiger partial charge in [0, 0.05) is 4.88 Å². The third-order valence-corrected chi connectivity index (χ3v) is 7.43. The van der Waals surface area contributed by atoms with Gasteiger partial charge in [0.25, 0.3) is 0 Å². The van der Waals surface area contributed by atoms with E-state index < -0.39 is 11.9 Å². The van der Waals surface area contributed by atoms with Crippen LogP contribution in [-0.4, -0.2) is 18.5 Å². The molecule has 0 aliphatic heterocycles. The van der Waals surface area contributed by atoms with Crippen molar-refractivity contribution in [1.82, 2.24) is 0 Å². The van der Waals surface area contributed by atoms with Crippen LogP contribution in [-0.2, 0) is 4.79 Å². The zero-order valence-electron chi connectivity index (χ0n) is 17.5. The molecule has 8 heteroatoms. The zero-order chi connectivity index (χ0) is 23.2. The topological polar surface area (TPSA) is 61.8 Å². The van der Waals surface area contributed by atoms with Crippen LogP contribution in [0.2, 0.25) is 0 Å². The van der Waals surface area contributed by atoms with Crippen molar-refractivity contribution in [3.63, 3.8) is 0 Å². The molecule has 4 rings (SSSR count). The minimum atomic E-state index is -0.587. The Hall–Kier alpha value is -3.33. The maximum atomic E-state index is 12.7. The molecule has 0 aliphatic rings.